The molecule has 0 aromatic heterocycles. The van der Waals surface area contributed by atoms with Gasteiger partial charge in [0.25, 0.3) is 0 Å². The number of carbonyl (C=O) groups is 1. The Morgan fingerprint density at radius 3 is 2.75 bits per heavy atom. The molecule has 0 bridgehead atoms. The zero-order valence-electron chi connectivity index (χ0n) is 9.48. The second-order valence-corrected chi connectivity index (χ2v) is 4.07. The van der Waals surface area contributed by atoms with E-state index in [1.807, 2.05) is 37.3 Å². The molecule has 0 radical (unpaired) electrons. The van der Waals surface area contributed by atoms with Gasteiger partial charge in [0, 0.05) is 6.54 Å². The predicted molar refractivity (Wildman–Crippen MR) is 62.2 cm³/mol. The molecule has 86 valence electrons. The fourth-order valence-corrected chi connectivity index (χ4v) is 1.78. The lowest BCUT2D eigenvalue weighted by molar-refractivity contribution is -0.122. The maximum absolute atomic E-state index is 11.9. The maximum Gasteiger partial charge on any atom is 0.227 e. The Balaban J connectivity index is 1.95. The molecule has 1 saturated heterocycles. The van der Waals surface area contributed by atoms with Crippen LogP contribution in [-0.4, -0.2) is 25.2 Å². The minimum Gasteiger partial charge on any atom is -0.371 e. The average Bonchev–Trinajstić information content (AvgIpc) is 3.13. The van der Waals surface area contributed by atoms with Crippen molar-refractivity contribution in [3.05, 3.63) is 35.9 Å². The molecule has 2 rings (SSSR count). The van der Waals surface area contributed by atoms with Crippen LogP contribution in [0, 0.1) is 0 Å². The Morgan fingerprint density at radius 1 is 1.50 bits per heavy atom. The Kier molecular flexibility index (Phi) is 3.57. The number of benzene rings is 1. The molecule has 16 heavy (non-hydrogen) atoms. The van der Waals surface area contributed by atoms with Crippen molar-refractivity contribution in [2.75, 3.05) is 13.2 Å². The summed E-state index contributed by atoms with van der Waals surface area (Å²) in [7, 11) is 0. The van der Waals surface area contributed by atoms with Crippen LogP contribution in [0.3, 0.4) is 0 Å². The van der Waals surface area contributed by atoms with E-state index in [1.165, 1.54) is 0 Å². The number of hydrogen-bond donors (Lipinski definition) is 1. The Hall–Kier alpha value is -1.35. The Labute approximate surface area is 95.8 Å². The van der Waals surface area contributed by atoms with Crippen molar-refractivity contribution in [1.29, 1.82) is 0 Å². The second kappa shape index (κ2) is 5.12. The van der Waals surface area contributed by atoms with E-state index in [0.29, 0.717) is 6.54 Å². The molecule has 1 aliphatic heterocycles. The number of nitrogens with one attached hydrogen (secondary N) is 1. The molecule has 3 nitrogen and oxygen atoms in total. The number of carbonyl (C=O) groups excluding carboxylic acids is 1. The van der Waals surface area contributed by atoms with Crippen LogP contribution < -0.4 is 5.32 Å². The first-order chi connectivity index (χ1) is 7.81. The summed E-state index contributed by atoms with van der Waals surface area (Å²) in [6, 6.07) is 9.90. The lowest BCUT2D eigenvalue weighted by atomic mass is 9.96. The first-order valence-corrected chi connectivity index (χ1v) is 5.75. The standard InChI is InChI=1S/C13H17NO2/c1-2-12(10-6-4-3-5-7-10)13(15)14-8-11-9-16-11/h3-7,11-12H,2,8-9H2,1H3,(H,14,15)/t11-,12-/m1/s1. The molecule has 1 fully saturated rings. The number of ether oxygens (including phenoxy) is 1. The van der Waals surface area contributed by atoms with Crippen molar-refractivity contribution in [1.82, 2.24) is 5.32 Å². The topological polar surface area (TPSA) is 41.6 Å². The van der Waals surface area contributed by atoms with Gasteiger partial charge in [-0.05, 0) is 12.0 Å². The zero-order chi connectivity index (χ0) is 11.4. The third-order valence-corrected chi connectivity index (χ3v) is 2.83. The van der Waals surface area contributed by atoms with Crippen molar-refractivity contribution < 1.29 is 9.53 Å². The third-order valence-electron chi connectivity index (χ3n) is 2.83. The van der Waals surface area contributed by atoms with E-state index in [9.17, 15) is 4.79 Å². The summed E-state index contributed by atoms with van der Waals surface area (Å²) in [6.07, 6.45) is 1.07. The van der Waals surface area contributed by atoms with Crippen molar-refractivity contribution >= 4 is 5.91 Å². The van der Waals surface area contributed by atoms with Crippen LogP contribution >= 0.6 is 0 Å². The molecule has 0 aliphatic carbocycles. The monoisotopic (exact) mass is 219 g/mol. The SMILES string of the molecule is CC[C@@H](C(=O)NC[C@@H]1CO1)c1ccccc1. The van der Waals surface area contributed by atoms with Gasteiger partial charge in [-0.15, -0.1) is 0 Å². The van der Waals surface area contributed by atoms with Gasteiger partial charge in [0.05, 0.1) is 18.6 Å². The number of rotatable bonds is 5. The molecular formula is C13H17NO2. The quantitative estimate of drug-likeness (QED) is 0.766. The van der Waals surface area contributed by atoms with Gasteiger partial charge >= 0.3 is 0 Å². The van der Waals surface area contributed by atoms with E-state index in [4.69, 9.17) is 4.74 Å². The first kappa shape index (κ1) is 11.1. The summed E-state index contributed by atoms with van der Waals surface area (Å²) in [5, 5.41) is 2.93. The fourth-order valence-electron chi connectivity index (χ4n) is 1.78. The van der Waals surface area contributed by atoms with Crippen LogP contribution in [0.15, 0.2) is 30.3 Å². The molecule has 1 amide bonds. The largest absolute Gasteiger partial charge is 0.371 e. The van der Waals surface area contributed by atoms with Gasteiger partial charge in [0.15, 0.2) is 0 Å². The number of amides is 1. The van der Waals surface area contributed by atoms with Gasteiger partial charge in [0.1, 0.15) is 0 Å². The molecule has 0 saturated carbocycles. The van der Waals surface area contributed by atoms with E-state index in [-0.39, 0.29) is 17.9 Å². The maximum atomic E-state index is 11.9. The highest BCUT2D eigenvalue weighted by molar-refractivity contribution is 5.83. The summed E-state index contributed by atoms with van der Waals surface area (Å²) in [4.78, 5) is 11.9. The normalized spacial score (nSPS) is 20.2. The lowest BCUT2D eigenvalue weighted by Crippen LogP contribution is -2.32. The van der Waals surface area contributed by atoms with Crippen LogP contribution in [0.1, 0.15) is 24.8 Å². The van der Waals surface area contributed by atoms with Crippen molar-refractivity contribution in [2.24, 2.45) is 0 Å². The minimum atomic E-state index is -0.0417. The van der Waals surface area contributed by atoms with Gasteiger partial charge in [-0.1, -0.05) is 37.3 Å². The van der Waals surface area contributed by atoms with E-state index < -0.39 is 0 Å². The van der Waals surface area contributed by atoms with Gasteiger partial charge in [-0.25, -0.2) is 0 Å². The fraction of sp³-hybridized carbons (Fsp3) is 0.462. The summed E-state index contributed by atoms with van der Waals surface area (Å²) >= 11 is 0. The molecule has 3 heteroatoms. The molecule has 1 N–H and O–H groups in total. The second-order valence-electron chi connectivity index (χ2n) is 4.07. The summed E-state index contributed by atoms with van der Waals surface area (Å²) in [5.74, 6) is 0.0594. The number of epoxide rings is 1. The summed E-state index contributed by atoms with van der Waals surface area (Å²) < 4.78 is 5.06. The zero-order valence-corrected chi connectivity index (χ0v) is 9.48. The first-order valence-electron chi connectivity index (χ1n) is 5.75. The molecule has 1 aromatic carbocycles. The Bertz CT molecular complexity index is 346. The highest BCUT2D eigenvalue weighted by atomic mass is 16.6. The van der Waals surface area contributed by atoms with E-state index in [0.717, 1.165) is 18.6 Å². The van der Waals surface area contributed by atoms with Crippen molar-refractivity contribution in [3.63, 3.8) is 0 Å². The third kappa shape index (κ3) is 2.83. The number of hydrogen-bond acceptors (Lipinski definition) is 2. The summed E-state index contributed by atoms with van der Waals surface area (Å²) in [6.45, 7) is 3.45. The Morgan fingerprint density at radius 2 is 2.19 bits per heavy atom. The molecule has 0 unspecified atom stereocenters. The van der Waals surface area contributed by atoms with Gasteiger partial charge in [-0.2, -0.15) is 0 Å². The highest BCUT2D eigenvalue weighted by Crippen LogP contribution is 2.19. The van der Waals surface area contributed by atoms with Crippen LogP contribution in [0.4, 0.5) is 0 Å². The highest BCUT2D eigenvalue weighted by Gasteiger charge is 2.25. The molecule has 1 heterocycles. The van der Waals surface area contributed by atoms with Crippen LogP contribution in [0.25, 0.3) is 0 Å². The molecule has 1 aliphatic rings. The predicted octanol–water partition coefficient (Wildman–Crippen LogP) is 1.70. The van der Waals surface area contributed by atoms with Gasteiger partial charge in [-0.3, -0.25) is 4.79 Å². The lowest BCUT2D eigenvalue weighted by Gasteiger charge is -2.14. The van der Waals surface area contributed by atoms with Gasteiger partial charge in [0.2, 0.25) is 5.91 Å². The minimum absolute atomic E-state index is 0.0417. The van der Waals surface area contributed by atoms with Crippen LogP contribution in [-0.2, 0) is 9.53 Å². The average molecular weight is 219 g/mol. The van der Waals surface area contributed by atoms with E-state index >= 15 is 0 Å². The van der Waals surface area contributed by atoms with Crippen molar-refractivity contribution in [2.45, 2.75) is 25.4 Å². The molecule has 2 atom stereocenters. The van der Waals surface area contributed by atoms with Crippen LogP contribution in [0.2, 0.25) is 0 Å². The molecular weight excluding hydrogens is 202 g/mol. The van der Waals surface area contributed by atoms with Crippen LogP contribution in [0.5, 0.6) is 0 Å². The van der Waals surface area contributed by atoms with E-state index in [1.54, 1.807) is 0 Å². The smallest absolute Gasteiger partial charge is 0.227 e. The van der Waals surface area contributed by atoms with Crippen molar-refractivity contribution in [3.8, 4) is 0 Å². The summed E-state index contributed by atoms with van der Waals surface area (Å²) in [5.41, 5.74) is 1.08. The van der Waals surface area contributed by atoms with Gasteiger partial charge < -0.3 is 10.1 Å². The van der Waals surface area contributed by atoms with E-state index in [2.05, 4.69) is 5.32 Å². The molecule has 0 spiro atoms. The molecule has 1 aromatic rings.